The lowest BCUT2D eigenvalue weighted by atomic mass is 10.2. The molecule has 0 spiro atoms. The van der Waals surface area contributed by atoms with Gasteiger partial charge in [-0.25, -0.2) is 17.2 Å². The molecular formula is C14H12F2O3S. The van der Waals surface area contributed by atoms with E-state index in [0.29, 0.717) is 0 Å². The molecule has 20 heavy (non-hydrogen) atoms. The molecule has 0 aliphatic rings. The second kappa shape index (κ2) is 5.58. The first-order chi connectivity index (χ1) is 9.44. The minimum Gasteiger partial charge on any atom is -0.494 e. The fourth-order valence-electron chi connectivity index (χ4n) is 1.76. The summed E-state index contributed by atoms with van der Waals surface area (Å²) in [6.07, 6.45) is 0. The zero-order valence-electron chi connectivity index (χ0n) is 10.6. The van der Waals surface area contributed by atoms with Crippen molar-refractivity contribution in [3.05, 3.63) is 59.7 Å². The van der Waals surface area contributed by atoms with E-state index in [1.165, 1.54) is 25.3 Å². The Kier molecular flexibility index (Phi) is 4.04. The van der Waals surface area contributed by atoms with Crippen molar-refractivity contribution in [2.75, 3.05) is 7.11 Å². The molecule has 0 radical (unpaired) electrons. The number of ether oxygens (including phenoxy) is 1. The minimum atomic E-state index is -3.74. The van der Waals surface area contributed by atoms with E-state index >= 15 is 0 Å². The molecule has 0 saturated carbocycles. The summed E-state index contributed by atoms with van der Waals surface area (Å²) in [5, 5.41) is 0. The van der Waals surface area contributed by atoms with Gasteiger partial charge in [0.1, 0.15) is 5.82 Å². The highest BCUT2D eigenvalue weighted by Gasteiger charge is 2.19. The van der Waals surface area contributed by atoms with Crippen LogP contribution in [0.2, 0.25) is 0 Å². The maximum atomic E-state index is 13.9. The average Bonchev–Trinajstić information content (AvgIpc) is 2.41. The predicted octanol–water partition coefficient (Wildman–Crippen LogP) is 2.95. The average molecular weight is 298 g/mol. The van der Waals surface area contributed by atoms with E-state index in [1.54, 1.807) is 0 Å². The molecule has 6 heteroatoms. The van der Waals surface area contributed by atoms with E-state index < -0.39 is 27.2 Å². The zero-order valence-corrected chi connectivity index (χ0v) is 11.5. The van der Waals surface area contributed by atoms with Gasteiger partial charge in [0.05, 0.1) is 17.8 Å². The Hall–Kier alpha value is -1.95. The van der Waals surface area contributed by atoms with E-state index in [2.05, 4.69) is 0 Å². The van der Waals surface area contributed by atoms with E-state index in [-0.39, 0.29) is 16.2 Å². The molecule has 0 fully saturated rings. The van der Waals surface area contributed by atoms with Crippen molar-refractivity contribution < 1.29 is 21.9 Å². The van der Waals surface area contributed by atoms with Crippen molar-refractivity contribution in [1.29, 1.82) is 0 Å². The van der Waals surface area contributed by atoms with Gasteiger partial charge in [-0.05, 0) is 30.3 Å². The van der Waals surface area contributed by atoms with E-state index in [4.69, 9.17) is 4.74 Å². The van der Waals surface area contributed by atoms with Crippen LogP contribution in [-0.2, 0) is 15.6 Å². The molecule has 0 N–H and O–H groups in total. The quantitative estimate of drug-likeness (QED) is 0.815. The molecule has 0 amide bonds. The summed E-state index contributed by atoms with van der Waals surface area (Å²) >= 11 is 0. The first-order valence-corrected chi connectivity index (χ1v) is 7.39. The van der Waals surface area contributed by atoms with Crippen molar-refractivity contribution in [2.24, 2.45) is 0 Å². The lowest BCUT2D eigenvalue weighted by Gasteiger charge is -2.08. The maximum absolute atomic E-state index is 13.9. The van der Waals surface area contributed by atoms with Gasteiger partial charge in [0.15, 0.2) is 21.4 Å². The van der Waals surface area contributed by atoms with Gasteiger partial charge in [-0.3, -0.25) is 0 Å². The third-order valence-electron chi connectivity index (χ3n) is 2.78. The van der Waals surface area contributed by atoms with Gasteiger partial charge in [0.25, 0.3) is 0 Å². The van der Waals surface area contributed by atoms with E-state index in [9.17, 15) is 17.2 Å². The molecule has 0 unspecified atom stereocenters. The summed E-state index contributed by atoms with van der Waals surface area (Å²) in [6, 6.07) is 8.70. The highest BCUT2D eigenvalue weighted by atomic mass is 32.2. The number of rotatable bonds is 4. The number of halogens is 2. The van der Waals surface area contributed by atoms with Gasteiger partial charge >= 0.3 is 0 Å². The Labute approximate surface area is 115 Å². The van der Waals surface area contributed by atoms with Crippen LogP contribution in [0.15, 0.2) is 47.4 Å². The monoisotopic (exact) mass is 298 g/mol. The molecule has 2 aromatic rings. The van der Waals surface area contributed by atoms with Crippen LogP contribution in [-0.4, -0.2) is 15.5 Å². The molecule has 0 heterocycles. The number of hydrogen-bond acceptors (Lipinski definition) is 3. The summed E-state index contributed by atoms with van der Waals surface area (Å²) in [6.45, 7) is 0. The third kappa shape index (κ3) is 2.96. The van der Waals surface area contributed by atoms with Crippen molar-refractivity contribution in [3.8, 4) is 5.75 Å². The van der Waals surface area contributed by atoms with Crippen LogP contribution < -0.4 is 4.74 Å². The summed E-state index contributed by atoms with van der Waals surface area (Å²) in [5.74, 6) is -1.77. The smallest absolute Gasteiger partial charge is 0.182 e. The SMILES string of the molecule is COc1cccc(CS(=O)(=O)c2ccc(F)cc2)c1F. The minimum absolute atomic E-state index is 0.00803. The maximum Gasteiger partial charge on any atom is 0.182 e. The lowest BCUT2D eigenvalue weighted by Crippen LogP contribution is -2.07. The Morgan fingerprint density at radius 2 is 1.70 bits per heavy atom. The van der Waals surface area contributed by atoms with Gasteiger partial charge in [0.2, 0.25) is 0 Å². The molecule has 106 valence electrons. The molecule has 0 atom stereocenters. The molecular weight excluding hydrogens is 286 g/mol. The van der Waals surface area contributed by atoms with Crippen molar-refractivity contribution in [2.45, 2.75) is 10.6 Å². The number of sulfone groups is 1. The largest absolute Gasteiger partial charge is 0.494 e. The van der Waals surface area contributed by atoms with Crippen LogP contribution >= 0.6 is 0 Å². The molecule has 2 rings (SSSR count). The van der Waals surface area contributed by atoms with Gasteiger partial charge in [0, 0.05) is 5.56 Å². The Balaban J connectivity index is 2.36. The highest BCUT2D eigenvalue weighted by Crippen LogP contribution is 2.24. The Morgan fingerprint density at radius 1 is 1.05 bits per heavy atom. The number of hydrogen-bond donors (Lipinski definition) is 0. The number of methoxy groups -OCH3 is 1. The van der Waals surface area contributed by atoms with Gasteiger partial charge in [-0.15, -0.1) is 0 Å². The molecule has 0 aliphatic carbocycles. The molecule has 0 aromatic heterocycles. The molecule has 0 aliphatic heterocycles. The summed E-state index contributed by atoms with van der Waals surface area (Å²) < 4.78 is 55.8. The molecule has 2 aromatic carbocycles. The van der Waals surface area contributed by atoms with Crippen molar-refractivity contribution >= 4 is 9.84 Å². The van der Waals surface area contributed by atoms with Crippen LogP contribution in [0.5, 0.6) is 5.75 Å². The fourth-order valence-corrected chi connectivity index (χ4v) is 3.11. The first kappa shape index (κ1) is 14.5. The lowest BCUT2D eigenvalue weighted by molar-refractivity contribution is 0.385. The van der Waals surface area contributed by atoms with Crippen LogP contribution in [0.1, 0.15) is 5.56 Å². The topological polar surface area (TPSA) is 43.4 Å². The van der Waals surface area contributed by atoms with Gasteiger partial charge < -0.3 is 4.74 Å². The normalized spacial score (nSPS) is 11.3. The van der Waals surface area contributed by atoms with Crippen molar-refractivity contribution in [3.63, 3.8) is 0 Å². The van der Waals surface area contributed by atoms with Crippen molar-refractivity contribution in [1.82, 2.24) is 0 Å². The fraction of sp³-hybridized carbons (Fsp3) is 0.143. The second-order valence-corrected chi connectivity index (χ2v) is 6.14. The third-order valence-corrected chi connectivity index (χ3v) is 4.46. The zero-order chi connectivity index (χ0) is 14.8. The van der Waals surface area contributed by atoms with Crippen LogP contribution in [0.3, 0.4) is 0 Å². The first-order valence-electron chi connectivity index (χ1n) is 5.74. The van der Waals surface area contributed by atoms with E-state index in [1.807, 2.05) is 0 Å². The van der Waals surface area contributed by atoms with Gasteiger partial charge in [-0.2, -0.15) is 0 Å². The predicted molar refractivity (Wildman–Crippen MR) is 70.2 cm³/mol. The second-order valence-electron chi connectivity index (χ2n) is 4.15. The Morgan fingerprint density at radius 3 is 2.30 bits per heavy atom. The molecule has 0 saturated heterocycles. The summed E-state index contributed by atoms with van der Waals surface area (Å²) in [7, 11) is -2.44. The van der Waals surface area contributed by atoms with Crippen LogP contribution in [0.25, 0.3) is 0 Å². The molecule has 3 nitrogen and oxygen atoms in total. The standard InChI is InChI=1S/C14H12F2O3S/c1-19-13-4-2-3-10(14(13)16)9-20(17,18)12-7-5-11(15)6-8-12/h2-8H,9H2,1H3. The Bertz CT molecular complexity index is 710. The summed E-state index contributed by atoms with van der Waals surface area (Å²) in [4.78, 5) is -0.0545. The van der Waals surface area contributed by atoms with Crippen LogP contribution in [0, 0.1) is 11.6 Å². The van der Waals surface area contributed by atoms with Gasteiger partial charge in [-0.1, -0.05) is 12.1 Å². The van der Waals surface area contributed by atoms with Crippen LogP contribution in [0.4, 0.5) is 8.78 Å². The molecule has 0 bridgehead atoms. The number of benzene rings is 2. The summed E-state index contributed by atoms with van der Waals surface area (Å²) in [5.41, 5.74) is 0.00803. The highest BCUT2D eigenvalue weighted by molar-refractivity contribution is 7.90. The van der Waals surface area contributed by atoms with E-state index in [0.717, 1.165) is 24.3 Å².